The molecule has 0 aliphatic heterocycles. The monoisotopic (exact) mass is 751 g/mol. The van der Waals surface area contributed by atoms with Crippen molar-refractivity contribution in [1.82, 2.24) is 0 Å². The minimum Gasteiger partial charge on any atom is -0.310 e. The van der Waals surface area contributed by atoms with Gasteiger partial charge in [0.2, 0.25) is 0 Å². The quantitative estimate of drug-likeness (QED) is 0.142. The van der Waals surface area contributed by atoms with Gasteiger partial charge in [0.05, 0.1) is 5.69 Å². The molecule has 0 spiro atoms. The maximum absolute atomic E-state index is 2.41. The summed E-state index contributed by atoms with van der Waals surface area (Å²) in [6, 6.07) is 89.9. The zero-order chi connectivity index (χ0) is 39.4. The molecule has 0 aliphatic carbocycles. The minimum atomic E-state index is 1.09. The largest absolute Gasteiger partial charge is 0.310 e. The molecule has 0 saturated heterocycles. The van der Waals surface area contributed by atoms with Gasteiger partial charge in [0.25, 0.3) is 0 Å². The lowest BCUT2D eigenvalue weighted by Gasteiger charge is -2.29. The first kappa shape index (κ1) is 35.7. The van der Waals surface area contributed by atoms with E-state index in [4.69, 9.17) is 0 Å². The van der Waals surface area contributed by atoms with Gasteiger partial charge in [0.1, 0.15) is 0 Å². The van der Waals surface area contributed by atoms with E-state index in [0.717, 1.165) is 22.6 Å². The van der Waals surface area contributed by atoms with E-state index in [9.17, 15) is 0 Å². The van der Waals surface area contributed by atoms with Gasteiger partial charge in [-0.3, -0.25) is 0 Å². The fourth-order valence-corrected chi connectivity index (χ4v) is 8.13. The number of fused-ring (bicyclic) bond motifs is 1. The Morgan fingerprint density at radius 1 is 0.203 bits per heavy atom. The number of anilines is 3. The van der Waals surface area contributed by atoms with E-state index in [1.54, 1.807) is 0 Å². The van der Waals surface area contributed by atoms with Crippen LogP contribution in [0.4, 0.5) is 17.1 Å². The van der Waals surface area contributed by atoms with Crippen molar-refractivity contribution < 1.29 is 0 Å². The number of benzene rings is 10. The van der Waals surface area contributed by atoms with Crippen LogP contribution >= 0.6 is 0 Å². The van der Waals surface area contributed by atoms with Crippen molar-refractivity contribution in [2.75, 3.05) is 4.90 Å². The average Bonchev–Trinajstić information content (AvgIpc) is 3.33. The van der Waals surface area contributed by atoms with Crippen LogP contribution in [-0.4, -0.2) is 0 Å². The molecule has 0 atom stereocenters. The van der Waals surface area contributed by atoms with Crippen molar-refractivity contribution in [1.29, 1.82) is 0 Å². The second-order valence-electron chi connectivity index (χ2n) is 15.0. The molecule has 0 saturated carbocycles. The van der Waals surface area contributed by atoms with E-state index in [0.29, 0.717) is 0 Å². The summed E-state index contributed by atoms with van der Waals surface area (Å²) in [5, 5.41) is 2.47. The Labute approximate surface area is 346 Å². The summed E-state index contributed by atoms with van der Waals surface area (Å²) in [4.78, 5) is 2.41. The van der Waals surface area contributed by atoms with Gasteiger partial charge in [-0.25, -0.2) is 0 Å². The van der Waals surface area contributed by atoms with Crippen LogP contribution in [0.15, 0.2) is 249 Å². The highest BCUT2D eigenvalue weighted by Gasteiger charge is 2.19. The second-order valence-corrected chi connectivity index (χ2v) is 15.0. The van der Waals surface area contributed by atoms with Crippen molar-refractivity contribution in [3.63, 3.8) is 0 Å². The van der Waals surface area contributed by atoms with E-state index >= 15 is 0 Å². The molecule has 0 aromatic heterocycles. The smallest absolute Gasteiger partial charge is 0.0546 e. The highest BCUT2D eigenvalue weighted by molar-refractivity contribution is 5.93. The Balaban J connectivity index is 1.07. The topological polar surface area (TPSA) is 3.24 Å². The molecule has 0 aliphatic rings. The first-order valence-electron chi connectivity index (χ1n) is 20.2. The van der Waals surface area contributed by atoms with Crippen molar-refractivity contribution in [3.05, 3.63) is 249 Å². The molecule has 0 radical (unpaired) electrons. The zero-order valence-corrected chi connectivity index (χ0v) is 32.6. The van der Waals surface area contributed by atoms with Crippen LogP contribution < -0.4 is 4.90 Å². The first-order chi connectivity index (χ1) is 29.2. The summed E-state index contributed by atoms with van der Waals surface area (Å²) < 4.78 is 0. The average molecular weight is 752 g/mol. The van der Waals surface area contributed by atoms with Gasteiger partial charge >= 0.3 is 0 Å². The fourth-order valence-electron chi connectivity index (χ4n) is 8.13. The highest BCUT2D eigenvalue weighted by atomic mass is 15.1. The number of nitrogens with zero attached hydrogens (tertiary/aromatic N) is 1. The minimum absolute atomic E-state index is 1.09. The Bertz CT molecular complexity index is 2840. The van der Waals surface area contributed by atoms with E-state index in [2.05, 4.69) is 254 Å². The van der Waals surface area contributed by atoms with Gasteiger partial charge in [-0.15, -0.1) is 0 Å². The van der Waals surface area contributed by atoms with E-state index < -0.39 is 0 Å². The lowest BCUT2D eigenvalue weighted by molar-refractivity contribution is 1.28. The maximum Gasteiger partial charge on any atom is 0.0546 e. The van der Waals surface area contributed by atoms with Gasteiger partial charge in [0.15, 0.2) is 0 Å². The first-order valence-corrected chi connectivity index (χ1v) is 20.2. The highest BCUT2D eigenvalue weighted by Crippen LogP contribution is 2.44. The Morgan fingerprint density at radius 2 is 0.525 bits per heavy atom. The van der Waals surface area contributed by atoms with Gasteiger partial charge in [-0.2, -0.15) is 0 Å². The van der Waals surface area contributed by atoms with Crippen LogP contribution in [0.5, 0.6) is 0 Å². The molecule has 0 fully saturated rings. The number of rotatable bonds is 9. The fraction of sp³-hybridized carbons (Fsp3) is 0. The van der Waals surface area contributed by atoms with Crippen LogP contribution in [0.3, 0.4) is 0 Å². The maximum atomic E-state index is 2.41. The third-order valence-corrected chi connectivity index (χ3v) is 11.3. The van der Waals surface area contributed by atoms with E-state index in [-0.39, 0.29) is 0 Å². The summed E-state index contributed by atoms with van der Waals surface area (Å²) in [5.41, 5.74) is 17.6. The summed E-state index contributed by atoms with van der Waals surface area (Å²) in [6.07, 6.45) is 0. The Hall–Kier alpha value is -7.74. The zero-order valence-electron chi connectivity index (χ0n) is 32.6. The van der Waals surface area contributed by atoms with Crippen molar-refractivity contribution in [2.45, 2.75) is 0 Å². The summed E-state index contributed by atoms with van der Waals surface area (Å²) in [6.45, 7) is 0. The van der Waals surface area contributed by atoms with Gasteiger partial charge < -0.3 is 4.90 Å². The van der Waals surface area contributed by atoms with Crippen LogP contribution in [0.2, 0.25) is 0 Å². The number of hydrogen-bond donors (Lipinski definition) is 0. The third kappa shape index (κ3) is 7.46. The molecule has 1 nitrogen and oxygen atoms in total. The molecular weight excluding hydrogens is 711 g/mol. The molecule has 0 amide bonds. The molecule has 0 N–H and O–H groups in total. The molecule has 10 aromatic rings. The molecule has 10 rings (SSSR count). The Morgan fingerprint density at radius 3 is 0.983 bits per heavy atom. The lowest BCUT2D eigenvalue weighted by atomic mass is 9.95. The molecule has 1 heteroatoms. The summed E-state index contributed by atoms with van der Waals surface area (Å²) in [5.74, 6) is 0. The molecule has 10 aromatic carbocycles. The van der Waals surface area contributed by atoms with Crippen molar-refractivity contribution in [2.24, 2.45) is 0 Å². The van der Waals surface area contributed by atoms with Crippen LogP contribution in [0, 0.1) is 0 Å². The third-order valence-electron chi connectivity index (χ3n) is 11.3. The lowest BCUT2D eigenvalue weighted by Crippen LogP contribution is -2.11. The van der Waals surface area contributed by atoms with Crippen LogP contribution in [-0.2, 0) is 0 Å². The number of hydrogen-bond acceptors (Lipinski definition) is 1. The predicted octanol–water partition coefficient (Wildman–Crippen LogP) is 16.3. The molecule has 0 heterocycles. The molecular formula is C58H41N. The molecule has 278 valence electrons. The standard InChI is InChI=1S/C58H41N/c1-4-12-42(13-5-1)45-20-24-47(25-21-45)49-30-35-55(36-31-49)59(56-37-32-50(33-38-56)48-26-22-46(23-27-48)43-14-6-2-7-15-43)58-41-54(34-39-57(58)51-17-8-3-9-18-51)53-29-28-44-16-10-11-19-52(44)40-53/h1-41H. The second kappa shape index (κ2) is 16.0. The van der Waals surface area contributed by atoms with Gasteiger partial charge in [0, 0.05) is 16.9 Å². The summed E-state index contributed by atoms with van der Waals surface area (Å²) >= 11 is 0. The molecule has 0 bridgehead atoms. The van der Waals surface area contributed by atoms with Crippen molar-refractivity contribution >= 4 is 27.8 Å². The van der Waals surface area contributed by atoms with Crippen molar-refractivity contribution in [3.8, 4) is 66.8 Å². The Kier molecular flexibility index (Phi) is 9.68. The SMILES string of the molecule is c1ccc(-c2ccc(-c3ccc(N(c4ccc(-c5ccc(-c6ccccc6)cc5)cc4)c4cc(-c5ccc6ccccc6c5)ccc4-c4ccccc4)cc3)cc2)cc1. The molecule has 59 heavy (non-hydrogen) atoms. The van der Waals surface area contributed by atoms with E-state index in [1.807, 2.05) is 0 Å². The van der Waals surface area contributed by atoms with Gasteiger partial charge in [-0.1, -0.05) is 212 Å². The molecule has 0 unspecified atom stereocenters. The van der Waals surface area contributed by atoms with Gasteiger partial charge in [-0.05, 0) is 108 Å². The predicted molar refractivity (Wildman–Crippen MR) is 251 cm³/mol. The van der Waals surface area contributed by atoms with Crippen LogP contribution in [0.25, 0.3) is 77.5 Å². The summed E-state index contributed by atoms with van der Waals surface area (Å²) in [7, 11) is 0. The van der Waals surface area contributed by atoms with Crippen LogP contribution in [0.1, 0.15) is 0 Å². The normalized spacial score (nSPS) is 11.1. The van der Waals surface area contributed by atoms with E-state index in [1.165, 1.54) is 72.0 Å².